The fourth-order valence-corrected chi connectivity index (χ4v) is 2.84. The second kappa shape index (κ2) is 7.07. The molecule has 1 aromatic heterocycles. The molecular weight excluding hydrogens is 268 g/mol. The minimum absolute atomic E-state index is 0.126. The van der Waals surface area contributed by atoms with Crippen molar-refractivity contribution in [1.82, 2.24) is 9.55 Å². The second-order valence-corrected chi connectivity index (χ2v) is 6.03. The number of carbonyl (C=O) groups is 1. The number of nitrogens with zero attached hydrogens (tertiary/aromatic N) is 2. The number of aromatic nitrogens is 2. The van der Waals surface area contributed by atoms with Crippen LogP contribution in [0.4, 0.5) is 0 Å². The van der Waals surface area contributed by atoms with Crippen LogP contribution in [0.2, 0.25) is 0 Å². The Morgan fingerprint density at radius 3 is 2.81 bits per heavy atom. The lowest BCUT2D eigenvalue weighted by Gasteiger charge is -2.21. The number of methoxy groups -OCH3 is 1. The molecule has 118 valence electrons. The van der Waals surface area contributed by atoms with E-state index in [0.29, 0.717) is 12.3 Å². The summed E-state index contributed by atoms with van der Waals surface area (Å²) in [6.07, 6.45) is 3.77. The standard InChI is InChI=1S/C16H26N2O3/c1-11(2)14(8-10-20-4)21-16(19)15-13-7-5-6-9-18(13)12(3)17-15/h11,14H,5-10H2,1-4H3/t14-/m0/s1. The largest absolute Gasteiger partial charge is 0.457 e. The van der Waals surface area contributed by atoms with Gasteiger partial charge in [-0.25, -0.2) is 9.78 Å². The van der Waals surface area contributed by atoms with Crippen LogP contribution < -0.4 is 0 Å². The minimum atomic E-state index is -0.288. The van der Waals surface area contributed by atoms with Gasteiger partial charge in [0.05, 0.1) is 5.69 Å². The molecule has 0 N–H and O–H groups in total. The number of rotatable bonds is 6. The summed E-state index contributed by atoms with van der Waals surface area (Å²) in [7, 11) is 1.66. The molecule has 1 aliphatic rings. The Morgan fingerprint density at radius 2 is 2.14 bits per heavy atom. The summed E-state index contributed by atoms with van der Waals surface area (Å²) in [6.45, 7) is 7.62. The molecule has 5 nitrogen and oxygen atoms in total. The highest BCUT2D eigenvalue weighted by Gasteiger charge is 2.26. The van der Waals surface area contributed by atoms with Crippen LogP contribution in [0.5, 0.6) is 0 Å². The van der Waals surface area contributed by atoms with Gasteiger partial charge < -0.3 is 14.0 Å². The Morgan fingerprint density at radius 1 is 1.38 bits per heavy atom. The van der Waals surface area contributed by atoms with E-state index >= 15 is 0 Å². The Bertz CT molecular complexity index is 494. The van der Waals surface area contributed by atoms with Gasteiger partial charge >= 0.3 is 5.97 Å². The Hall–Kier alpha value is -1.36. The number of carbonyl (C=O) groups excluding carboxylic acids is 1. The molecular formula is C16H26N2O3. The van der Waals surface area contributed by atoms with Crippen molar-refractivity contribution < 1.29 is 14.3 Å². The van der Waals surface area contributed by atoms with Crippen molar-refractivity contribution in [2.24, 2.45) is 5.92 Å². The van der Waals surface area contributed by atoms with Gasteiger partial charge in [0.2, 0.25) is 0 Å². The van der Waals surface area contributed by atoms with Crippen LogP contribution in [-0.2, 0) is 22.4 Å². The van der Waals surface area contributed by atoms with Gasteiger partial charge in [-0.1, -0.05) is 13.8 Å². The molecule has 0 amide bonds. The summed E-state index contributed by atoms with van der Waals surface area (Å²) in [5, 5.41) is 0. The summed E-state index contributed by atoms with van der Waals surface area (Å²) < 4.78 is 12.9. The van der Waals surface area contributed by atoms with E-state index in [4.69, 9.17) is 9.47 Å². The van der Waals surface area contributed by atoms with E-state index in [-0.39, 0.29) is 18.0 Å². The predicted molar refractivity (Wildman–Crippen MR) is 80.4 cm³/mol. The van der Waals surface area contributed by atoms with Crippen molar-refractivity contribution in [2.75, 3.05) is 13.7 Å². The van der Waals surface area contributed by atoms with Crippen molar-refractivity contribution in [2.45, 2.75) is 59.1 Å². The number of fused-ring (bicyclic) bond motifs is 1. The maximum atomic E-state index is 12.5. The van der Waals surface area contributed by atoms with E-state index < -0.39 is 0 Å². The first-order valence-electron chi connectivity index (χ1n) is 7.80. The zero-order chi connectivity index (χ0) is 15.4. The Labute approximate surface area is 126 Å². The van der Waals surface area contributed by atoms with E-state index in [1.807, 2.05) is 6.92 Å². The first-order chi connectivity index (χ1) is 10.0. The van der Waals surface area contributed by atoms with Crippen LogP contribution in [0.3, 0.4) is 0 Å². The van der Waals surface area contributed by atoms with E-state index in [1.165, 1.54) is 0 Å². The van der Waals surface area contributed by atoms with Gasteiger partial charge in [0, 0.05) is 26.7 Å². The normalized spacial score (nSPS) is 15.9. The predicted octanol–water partition coefficient (Wildman–Crippen LogP) is 2.75. The molecule has 5 heteroatoms. The Balaban J connectivity index is 2.12. The fraction of sp³-hybridized carbons (Fsp3) is 0.750. The van der Waals surface area contributed by atoms with Gasteiger partial charge in [0.25, 0.3) is 0 Å². The maximum absolute atomic E-state index is 12.5. The van der Waals surface area contributed by atoms with Crippen molar-refractivity contribution in [1.29, 1.82) is 0 Å². The lowest BCUT2D eigenvalue weighted by Crippen LogP contribution is -2.26. The van der Waals surface area contributed by atoms with Gasteiger partial charge in [0.1, 0.15) is 11.9 Å². The maximum Gasteiger partial charge on any atom is 0.359 e. The zero-order valence-corrected chi connectivity index (χ0v) is 13.5. The third-order valence-electron chi connectivity index (χ3n) is 4.11. The van der Waals surface area contributed by atoms with Gasteiger partial charge in [-0.15, -0.1) is 0 Å². The minimum Gasteiger partial charge on any atom is -0.457 e. The van der Waals surface area contributed by atoms with Crippen LogP contribution >= 0.6 is 0 Å². The van der Waals surface area contributed by atoms with Crippen molar-refractivity contribution in [3.8, 4) is 0 Å². The summed E-state index contributed by atoms with van der Waals surface area (Å²) in [5.41, 5.74) is 1.55. The quantitative estimate of drug-likeness (QED) is 0.757. The molecule has 2 rings (SSSR count). The van der Waals surface area contributed by atoms with Gasteiger partial charge in [-0.3, -0.25) is 0 Å². The molecule has 0 aromatic carbocycles. The average Bonchev–Trinajstić information content (AvgIpc) is 2.81. The number of aryl methyl sites for hydroxylation is 1. The van der Waals surface area contributed by atoms with E-state index in [2.05, 4.69) is 23.4 Å². The summed E-state index contributed by atoms with van der Waals surface area (Å²) >= 11 is 0. The van der Waals surface area contributed by atoms with Crippen LogP contribution in [0, 0.1) is 12.8 Å². The number of imidazole rings is 1. The lowest BCUT2D eigenvalue weighted by molar-refractivity contribution is 0.00759. The number of esters is 1. The highest BCUT2D eigenvalue weighted by Crippen LogP contribution is 2.22. The molecule has 0 spiro atoms. The topological polar surface area (TPSA) is 53.4 Å². The fourth-order valence-electron chi connectivity index (χ4n) is 2.84. The van der Waals surface area contributed by atoms with Gasteiger partial charge in [-0.2, -0.15) is 0 Å². The summed E-state index contributed by atoms with van der Waals surface area (Å²) in [4.78, 5) is 16.9. The summed E-state index contributed by atoms with van der Waals surface area (Å²) in [5.74, 6) is 0.891. The highest BCUT2D eigenvalue weighted by atomic mass is 16.5. The molecule has 21 heavy (non-hydrogen) atoms. The summed E-state index contributed by atoms with van der Waals surface area (Å²) in [6, 6.07) is 0. The molecule has 0 saturated heterocycles. The number of hydrogen-bond donors (Lipinski definition) is 0. The molecule has 0 bridgehead atoms. The molecule has 0 aliphatic carbocycles. The molecule has 0 saturated carbocycles. The molecule has 0 radical (unpaired) electrons. The number of hydrogen-bond acceptors (Lipinski definition) is 4. The van der Waals surface area contributed by atoms with Gasteiger partial charge in [0.15, 0.2) is 5.69 Å². The smallest absolute Gasteiger partial charge is 0.359 e. The van der Waals surface area contributed by atoms with E-state index in [0.717, 1.165) is 43.7 Å². The lowest BCUT2D eigenvalue weighted by atomic mass is 10.0. The number of ether oxygens (including phenoxy) is 2. The third kappa shape index (κ3) is 3.64. The SMILES string of the molecule is COCC[C@H](OC(=O)c1nc(C)n2c1CCCC2)C(C)C. The van der Waals surface area contributed by atoms with E-state index in [1.54, 1.807) is 7.11 Å². The Kier molecular flexibility index (Phi) is 5.39. The van der Waals surface area contributed by atoms with Crippen LogP contribution in [0.1, 0.15) is 55.1 Å². The molecule has 0 unspecified atom stereocenters. The first-order valence-corrected chi connectivity index (χ1v) is 7.80. The van der Waals surface area contributed by atoms with Crippen molar-refractivity contribution in [3.63, 3.8) is 0 Å². The van der Waals surface area contributed by atoms with Crippen molar-refractivity contribution in [3.05, 3.63) is 17.2 Å². The molecule has 2 heterocycles. The second-order valence-electron chi connectivity index (χ2n) is 6.03. The third-order valence-corrected chi connectivity index (χ3v) is 4.11. The van der Waals surface area contributed by atoms with Crippen molar-refractivity contribution >= 4 is 5.97 Å². The molecule has 1 aromatic rings. The van der Waals surface area contributed by atoms with Crippen LogP contribution in [0.15, 0.2) is 0 Å². The van der Waals surface area contributed by atoms with E-state index in [9.17, 15) is 4.79 Å². The molecule has 1 aliphatic heterocycles. The zero-order valence-electron chi connectivity index (χ0n) is 13.5. The van der Waals surface area contributed by atoms with Crippen LogP contribution in [-0.4, -0.2) is 35.3 Å². The molecule has 0 fully saturated rings. The average molecular weight is 294 g/mol. The highest BCUT2D eigenvalue weighted by molar-refractivity contribution is 5.89. The first kappa shape index (κ1) is 16.0. The van der Waals surface area contributed by atoms with Crippen LogP contribution in [0.25, 0.3) is 0 Å². The van der Waals surface area contributed by atoms with Gasteiger partial charge in [-0.05, 0) is 32.1 Å². The monoisotopic (exact) mass is 294 g/mol. The molecule has 1 atom stereocenters.